The van der Waals surface area contributed by atoms with Gasteiger partial charge in [-0.3, -0.25) is 4.90 Å². The summed E-state index contributed by atoms with van der Waals surface area (Å²) in [5.41, 5.74) is 1.18. The van der Waals surface area contributed by atoms with E-state index in [1.165, 1.54) is 18.4 Å². The quantitative estimate of drug-likeness (QED) is 0.883. The van der Waals surface area contributed by atoms with Crippen molar-refractivity contribution < 1.29 is 4.52 Å². The molecular weight excluding hydrogens is 344 g/mol. The molecule has 5 nitrogen and oxygen atoms in total. The minimum absolute atomic E-state index is 0.567. The maximum absolute atomic E-state index is 5.40. The highest BCUT2D eigenvalue weighted by molar-refractivity contribution is 9.10. The number of nitrogens with one attached hydrogen (secondary N) is 1. The van der Waals surface area contributed by atoms with Crippen LogP contribution in [0.1, 0.15) is 30.1 Å². The second-order valence-corrected chi connectivity index (χ2v) is 6.69. The molecule has 1 saturated heterocycles. The van der Waals surface area contributed by atoms with Gasteiger partial charge in [-0.1, -0.05) is 33.2 Å². The van der Waals surface area contributed by atoms with Crippen LogP contribution in [-0.4, -0.2) is 41.2 Å². The number of hydrogen-bond acceptors (Lipinski definition) is 5. The highest BCUT2D eigenvalue weighted by Gasteiger charge is 2.20. The molecule has 2 heterocycles. The molecule has 1 unspecified atom stereocenters. The van der Waals surface area contributed by atoms with Crippen LogP contribution in [0.5, 0.6) is 0 Å². The first-order valence-electron chi connectivity index (χ1n) is 7.68. The Kier molecular flexibility index (Phi) is 5.23. The van der Waals surface area contributed by atoms with Crippen molar-refractivity contribution in [2.45, 2.75) is 31.8 Å². The number of piperidine rings is 1. The SMILES string of the molecule is CNC1CCCN(Cc2nc(Cc3cccc(Br)c3)no2)C1. The van der Waals surface area contributed by atoms with Crippen LogP contribution in [0.2, 0.25) is 0 Å². The minimum Gasteiger partial charge on any atom is -0.338 e. The van der Waals surface area contributed by atoms with Crippen molar-refractivity contribution in [1.29, 1.82) is 0 Å². The molecule has 2 aromatic rings. The third-order valence-electron chi connectivity index (χ3n) is 4.03. The lowest BCUT2D eigenvalue weighted by Crippen LogP contribution is -2.43. The Morgan fingerprint density at radius 3 is 3.18 bits per heavy atom. The van der Waals surface area contributed by atoms with Gasteiger partial charge in [0.25, 0.3) is 0 Å². The third-order valence-corrected chi connectivity index (χ3v) is 4.53. The molecule has 6 heteroatoms. The van der Waals surface area contributed by atoms with Gasteiger partial charge >= 0.3 is 0 Å². The largest absolute Gasteiger partial charge is 0.338 e. The van der Waals surface area contributed by atoms with Gasteiger partial charge in [-0.15, -0.1) is 0 Å². The average molecular weight is 365 g/mol. The maximum Gasteiger partial charge on any atom is 0.240 e. The van der Waals surface area contributed by atoms with Crippen LogP contribution in [0.15, 0.2) is 33.3 Å². The molecule has 0 bridgehead atoms. The van der Waals surface area contributed by atoms with E-state index in [2.05, 4.69) is 48.4 Å². The van der Waals surface area contributed by atoms with Crippen LogP contribution in [0.3, 0.4) is 0 Å². The van der Waals surface area contributed by atoms with Gasteiger partial charge in [0.1, 0.15) is 0 Å². The standard InChI is InChI=1S/C16H21BrN4O/c1-18-14-6-3-7-21(10-14)11-16-19-15(20-22-16)9-12-4-2-5-13(17)8-12/h2,4-5,8,14,18H,3,6-7,9-11H2,1H3. The summed E-state index contributed by atoms with van der Waals surface area (Å²) in [6.45, 7) is 2.88. The summed E-state index contributed by atoms with van der Waals surface area (Å²) in [5.74, 6) is 1.46. The molecule has 1 aliphatic rings. The van der Waals surface area contributed by atoms with Gasteiger partial charge in [0.05, 0.1) is 6.54 Å². The summed E-state index contributed by atoms with van der Waals surface area (Å²) < 4.78 is 6.47. The van der Waals surface area contributed by atoms with Gasteiger partial charge in [0.2, 0.25) is 5.89 Å². The third kappa shape index (κ3) is 4.15. The zero-order chi connectivity index (χ0) is 15.4. The molecule has 0 spiro atoms. The fraction of sp³-hybridized carbons (Fsp3) is 0.500. The summed E-state index contributed by atoms with van der Waals surface area (Å²) in [7, 11) is 2.02. The topological polar surface area (TPSA) is 54.2 Å². The number of halogens is 1. The van der Waals surface area contributed by atoms with E-state index in [0.29, 0.717) is 18.4 Å². The van der Waals surface area contributed by atoms with Crippen molar-refractivity contribution in [3.63, 3.8) is 0 Å². The molecule has 3 rings (SSSR count). The monoisotopic (exact) mass is 364 g/mol. The Bertz CT molecular complexity index is 616. The summed E-state index contributed by atoms with van der Waals surface area (Å²) in [6.07, 6.45) is 3.15. The predicted molar refractivity (Wildman–Crippen MR) is 88.6 cm³/mol. The van der Waals surface area contributed by atoms with Gasteiger partial charge < -0.3 is 9.84 Å². The Morgan fingerprint density at radius 2 is 2.36 bits per heavy atom. The number of likely N-dealkylation sites (N-methyl/N-ethyl adjacent to an activating group) is 1. The molecule has 1 aromatic heterocycles. The van der Waals surface area contributed by atoms with E-state index >= 15 is 0 Å². The van der Waals surface area contributed by atoms with Crippen molar-refractivity contribution in [2.75, 3.05) is 20.1 Å². The molecule has 0 radical (unpaired) electrons. The van der Waals surface area contributed by atoms with E-state index in [1.807, 2.05) is 19.2 Å². The molecule has 118 valence electrons. The summed E-state index contributed by atoms with van der Waals surface area (Å²) in [6, 6.07) is 8.75. The number of aromatic nitrogens is 2. The van der Waals surface area contributed by atoms with E-state index < -0.39 is 0 Å². The Hall–Kier alpha value is -1.24. The van der Waals surface area contributed by atoms with Crippen LogP contribution < -0.4 is 5.32 Å². The van der Waals surface area contributed by atoms with Crippen molar-refractivity contribution in [2.24, 2.45) is 0 Å². The highest BCUT2D eigenvalue weighted by Crippen LogP contribution is 2.16. The number of likely N-dealkylation sites (tertiary alicyclic amines) is 1. The van der Waals surface area contributed by atoms with E-state index in [-0.39, 0.29) is 0 Å². The fourth-order valence-corrected chi connectivity index (χ4v) is 3.33. The van der Waals surface area contributed by atoms with E-state index in [4.69, 9.17) is 4.52 Å². The van der Waals surface area contributed by atoms with Gasteiger partial charge in [-0.05, 0) is 44.1 Å². The maximum atomic E-state index is 5.40. The lowest BCUT2D eigenvalue weighted by Gasteiger charge is -2.31. The van der Waals surface area contributed by atoms with E-state index in [9.17, 15) is 0 Å². The Labute approximate surface area is 139 Å². The number of hydrogen-bond donors (Lipinski definition) is 1. The van der Waals surface area contributed by atoms with Gasteiger partial charge in [0, 0.05) is 23.5 Å². The smallest absolute Gasteiger partial charge is 0.240 e. The predicted octanol–water partition coefficient (Wildman–Crippen LogP) is 2.61. The first-order valence-corrected chi connectivity index (χ1v) is 8.48. The molecule has 1 aromatic carbocycles. The summed E-state index contributed by atoms with van der Waals surface area (Å²) in [5, 5.41) is 7.45. The van der Waals surface area contributed by atoms with Crippen LogP contribution in [-0.2, 0) is 13.0 Å². The van der Waals surface area contributed by atoms with Crippen LogP contribution in [0.4, 0.5) is 0 Å². The normalized spacial score (nSPS) is 19.5. The second-order valence-electron chi connectivity index (χ2n) is 5.77. The zero-order valence-electron chi connectivity index (χ0n) is 12.8. The summed E-state index contributed by atoms with van der Waals surface area (Å²) in [4.78, 5) is 6.90. The average Bonchev–Trinajstić information content (AvgIpc) is 2.94. The molecule has 22 heavy (non-hydrogen) atoms. The van der Waals surface area contributed by atoms with Gasteiger partial charge in [-0.2, -0.15) is 4.98 Å². The Morgan fingerprint density at radius 1 is 1.45 bits per heavy atom. The molecule has 0 amide bonds. The highest BCUT2D eigenvalue weighted by atomic mass is 79.9. The number of benzene rings is 1. The lowest BCUT2D eigenvalue weighted by molar-refractivity contribution is 0.167. The lowest BCUT2D eigenvalue weighted by atomic mass is 10.1. The van der Waals surface area contributed by atoms with Crippen molar-refractivity contribution in [3.8, 4) is 0 Å². The first kappa shape index (κ1) is 15.6. The number of nitrogens with zero attached hydrogens (tertiary/aromatic N) is 3. The first-order chi connectivity index (χ1) is 10.7. The number of rotatable bonds is 5. The molecule has 0 aliphatic carbocycles. The minimum atomic E-state index is 0.567. The van der Waals surface area contributed by atoms with Crippen LogP contribution in [0, 0.1) is 0 Å². The van der Waals surface area contributed by atoms with E-state index in [1.54, 1.807) is 0 Å². The fourth-order valence-electron chi connectivity index (χ4n) is 2.88. The van der Waals surface area contributed by atoms with Crippen LogP contribution in [0.25, 0.3) is 0 Å². The molecule has 1 N–H and O–H groups in total. The molecule has 1 atom stereocenters. The molecule has 1 fully saturated rings. The zero-order valence-corrected chi connectivity index (χ0v) is 14.3. The van der Waals surface area contributed by atoms with E-state index in [0.717, 1.165) is 29.9 Å². The molecular formula is C16H21BrN4O. The molecule has 0 saturated carbocycles. The van der Waals surface area contributed by atoms with Gasteiger partial charge in [-0.25, -0.2) is 0 Å². The van der Waals surface area contributed by atoms with Crippen molar-refractivity contribution in [3.05, 3.63) is 46.0 Å². The second kappa shape index (κ2) is 7.35. The van der Waals surface area contributed by atoms with Crippen molar-refractivity contribution >= 4 is 15.9 Å². The van der Waals surface area contributed by atoms with Crippen molar-refractivity contribution in [1.82, 2.24) is 20.4 Å². The molecule has 1 aliphatic heterocycles. The Balaban J connectivity index is 1.59. The summed E-state index contributed by atoms with van der Waals surface area (Å²) >= 11 is 3.48. The van der Waals surface area contributed by atoms with Gasteiger partial charge in [0.15, 0.2) is 5.82 Å². The van der Waals surface area contributed by atoms with Crippen LogP contribution >= 0.6 is 15.9 Å².